The summed E-state index contributed by atoms with van der Waals surface area (Å²) >= 11 is 6.23. The number of para-hydroxylation sites is 1. The molecule has 0 radical (unpaired) electrons. The second kappa shape index (κ2) is 11.5. The van der Waals surface area contributed by atoms with Crippen molar-refractivity contribution in [3.05, 3.63) is 87.9 Å². The average molecular weight is 478 g/mol. The van der Waals surface area contributed by atoms with Crippen molar-refractivity contribution in [3.63, 3.8) is 0 Å². The first-order chi connectivity index (χ1) is 16.2. The van der Waals surface area contributed by atoms with Crippen molar-refractivity contribution in [1.29, 1.82) is 0 Å². The molecule has 0 aliphatic rings. The van der Waals surface area contributed by atoms with Crippen LogP contribution in [0.2, 0.25) is 5.02 Å². The number of carbonyl (C=O) groups excluding carboxylic acids is 1. The Morgan fingerprint density at radius 1 is 1.15 bits per heavy atom. The number of aliphatic imine (C=N–C) groups is 1. The normalized spacial score (nSPS) is 11.8. The molecule has 0 aromatic heterocycles. The van der Waals surface area contributed by atoms with Crippen LogP contribution in [0, 0.1) is 6.92 Å². The minimum absolute atomic E-state index is 0.155. The maximum atomic E-state index is 12.3. The Morgan fingerprint density at radius 2 is 1.85 bits per heavy atom. The van der Waals surface area contributed by atoms with Crippen molar-refractivity contribution in [1.82, 2.24) is 5.43 Å². The highest BCUT2D eigenvalue weighted by Crippen LogP contribution is 2.32. The fraction of sp³-hybridized carbons (Fsp3) is 0.222. The lowest BCUT2D eigenvalue weighted by atomic mass is 10.0. The molecule has 0 spiro atoms. The molecule has 0 bridgehead atoms. The molecule has 6 nitrogen and oxygen atoms in total. The highest BCUT2D eigenvalue weighted by molar-refractivity contribution is 6.31. The van der Waals surface area contributed by atoms with Crippen LogP contribution in [0.15, 0.2) is 70.8 Å². The van der Waals surface area contributed by atoms with Gasteiger partial charge in [0.1, 0.15) is 11.5 Å². The first-order valence-electron chi connectivity index (χ1n) is 10.9. The number of aryl methyl sites for hydroxylation is 1. The van der Waals surface area contributed by atoms with Gasteiger partial charge < -0.3 is 9.84 Å². The third-order valence-corrected chi connectivity index (χ3v) is 5.60. The minimum atomic E-state index is -0.356. The van der Waals surface area contributed by atoms with Gasteiger partial charge in [-0.15, -0.1) is 0 Å². The summed E-state index contributed by atoms with van der Waals surface area (Å²) in [5, 5.41) is 14.7. The Hall–Kier alpha value is -3.64. The van der Waals surface area contributed by atoms with Crippen molar-refractivity contribution in [2.75, 3.05) is 6.61 Å². The highest BCUT2D eigenvalue weighted by atomic mass is 35.5. The second-order valence-electron chi connectivity index (χ2n) is 8.18. The van der Waals surface area contributed by atoms with Crippen molar-refractivity contribution < 1.29 is 14.6 Å². The van der Waals surface area contributed by atoms with E-state index in [1.54, 1.807) is 31.3 Å². The van der Waals surface area contributed by atoms with Gasteiger partial charge in [-0.05, 0) is 72.9 Å². The maximum absolute atomic E-state index is 12.3. The number of ether oxygens (including phenoxy) is 1. The lowest BCUT2D eigenvalue weighted by Crippen LogP contribution is -2.26. The number of aromatic hydroxyl groups is 1. The van der Waals surface area contributed by atoms with Crippen molar-refractivity contribution in [3.8, 4) is 11.5 Å². The molecule has 0 aliphatic heterocycles. The van der Waals surface area contributed by atoms with Gasteiger partial charge in [0.25, 0.3) is 5.91 Å². The molecule has 0 saturated heterocycles. The molecule has 3 aromatic rings. The van der Waals surface area contributed by atoms with Crippen LogP contribution in [0.3, 0.4) is 0 Å². The lowest BCUT2D eigenvalue weighted by Gasteiger charge is -2.15. The Labute approximate surface area is 205 Å². The maximum Gasteiger partial charge on any atom is 0.277 e. The smallest absolute Gasteiger partial charge is 0.277 e. The molecule has 0 fully saturated rings. The zero-order chi connectivity index (χ0) is 24.7. The highest BCUT2D eigenvalue weighted by Gasteiger charge is 2.12. The zero-order valence-corrected chi connectivity index (χ0v) is 20.4. The number of hydrazone groups is 1. The van der Waals surface area contributed by atoms with Gasteiger partial charge in [-0.3, -0.25) is 9.79 Å². The topological polar surface area (TPSA) is 83.3 Å². The molecule has 0 aliphatic carbocycles. The first-order valence-corrected chi connectivity index (χ1v) is 11.3. The van der Waals surface area contributed by atoms with E-state index in [0.717, 1.165) is 22.4 Å². The fourth-order valence-electron chi connectivity index (χ4n) is 3.16. The molecule has 1 amide bonds. The van der Waals surface area contributed by atoms with Gasteiger partial charge in [0.15, 0.2) is 6.61 Å². The predicted octanol–water partition coefficient (Wildman–Crippen LogP) is 6.15. The van der Waals surface area contributed by atoms with Gasteiger partial charge in [0.05, 0.1) is 11.4 Å². The predicted molar refractivity (Wildman–Crippen MR) is 138 cm³/mol. The number of hydrogen-bond donors (Lipinski definition) is 2. The molecule has 3 aromatic carbocycles. The van der Waals surface area contributed by atoms with E-state index < -0.39 is 0 Å². The van der Waals surface area contributed by atoms with Gasteiger partial charge >= 0.3 is 0 Å². The molecular weight excluding hydrogens is 450 g/mol. The SMILES string of the molecule is C/C(=N/NC(=O)COc1cc(C)c(Cl)cc1C(C)C)c1ccc(N=Cc2ccccc2O)cc1. The molecule has 2 N–H and O–H groups in total. The van der Waals surface area contributed by atoms with Crippen LogP contribution in [0.5, 0.6) is 11.5 Å². The Morgan fingerprint density at radius 3 is 2.53 bits per heavy atom. The van der Waals surface area contributed by atoms with Crippen molar-refractivity contribution in [2.45, 2.75) is 33.6 Å². The van der Waals surface area contributed by atoms with Crippen LogP contribution in [0.25, 0.3) is 0 Å². The number of nitrogens with zero attached hydrogens (tertiary/aromatic N) is 2. The van der Waals surface area contributed by atoms with E-state index in [9.17, 15) is 9.90 Å². The standard InChI is InChI=1S/C27H28ClN3O3/c1-17(2)23-14-24(28)18(3)13-26(23)34-16-27(33)31-30-19(4)20-9-11-22(12-10-20)29-15-21-7-5-6-8-25(21)32/h5-15,17,32H,16H2,1-4H3,(H,31,33)/b29-15?,30-19-. The summed E-state index contributed by atoms with van der Waals surface area (Å²) in [6, 6.07) is 18.1. The third kappa shape index (κ3) is 6.68. The van der Waals surface area contributed by atoms with Crippen molar-refractivity contribution in [2.24, 2.45) is 10.1 Å². The molecule has 34 heavy (non-hydrogen) atoms. The second-order valence-corrected chi connectivity index (χ2v) is 8.59. The van der Waals surface area contributed by atoms with Crippen LogP contribution < -0.4 is 10.2 Å². The van der Waals surface area contributed by atoms with Crippen LogP contribution in [0.1, 0.15) is 48.9 Å². The summed E-state index contributed by atoms with van der Waals surface area (Å²) in [5.41, 5.74) is 7.25. The number of nitrogens with one attached hydrogen (secondary N) is 1. The summed E-state index contributed by atoms with van der Waals surface area (Å²) < 4.78 is 5.75. The quantitative estimate of drug-likeness (QED) is 0.301. The van der Waals surface area contributed by atoms with Gasteiger partial charge in [0.2, 0.25) is 0 Å². The van der Waals surface area contributed by atoms with E-state index in [1.165, 1.54) is 0 Å². The number of carbonyl (C=O) groups is 1. The van der Waals surface area contributed by atoms with Crippen LogP contribution in [-0.2, 0) is 4.79 Å². The van der Waals surface area contributed by atoms with Gasteiger partial charge in [-0.25, -0.2) is 5.43 Å². The van der Waals surface area contributed by atoms with Crippen LogP contribution >= 0.6 is 11.6 Å². The average Bonchev–Trinajstić information content (AvgIpc) is 2.82. The Balaban J connectivity index is 1.58. The number of halogens is 1. The van der Waals surface area contributed by atoms with E-state index >= 15 is 0 Å². The number of hydrogen-bond acceptors (Lipinski definition) is 5. The molecule has 176 valence electrons. The first kappa shape index (κ1) is 25.0. The monoisotopic (exact) mass is 477 g/mol. The van der Waals surface area contributed by atoms with Gasteiger partial charge in [-0.2, -0.15) is 5.10 Å². The zero-order valence-electron chi connectivity index (χ0n) is 19.7. The lowest BCUT2D eigenvalue weighted by molar-refractivity contribution is -0.123. The largest absolute Gasteiger partial charge is 0.507 e. The summed E-state index contributed by atoms with van der Waals surface area (Å²) in [6.45, 7) is 7.64. The number of rotatable bonds is 8. The molecule has 3 rings (SSSR count). The molecule has 0 saturated carbocycles. The van der Waals surface area contributed by atoms with Crippen molar-refractivity contribution >= 4 is 35.1 Å². The summed E-state index contributed by atoms with van der Waals surface area (Å²) in [5.74, 6) is 0.678. The molecule has 7 heteroatoms. The van der Waals surface area contributed by atoms with Gasteiger partial charge in [-0.1, -0.05) is 49.7 Å². The number of amides is 1. The molecule has 0 unspecified atom stereocenters. The summed E-state index contributed by atoms with van der Waals surface area (Å²) in [4.78, 5) is 16.7. The van der Waals surface area contributed by atoms with E-state index in [4.69, 9.17) is 16.3 Å². The number of benzene rings is 3. The Kier molecular flexibility index (Phi) is 8.44. The number of phenolic OH excluding ortho intramolecular Hbond substituents is 1. The van der Waals surface area contributed by atoms with E-state index in [1.807, 2.05) is 63.2 Å². The van der Waals surface area contributed by atoms with Gasteiger partial charge in [0, 0.05) is 16.8 Å². The molecule has 0 atom stereocenters. The number of phenols is 1. The molecular formula is C27H28ClN3O3. The summed E-state index contributed by atoms with van der Waals surface area (Å²) in [6.07, 6.45) is 1.61. The van der Waals surface area contributed by atoms with E-state index in [0.29, 0.717) is 22.0 Å². The van der Waals surface area contributed by atoms with E-state index in [-0.39, 0.29) is 24.2 Å². The van der Waals surface area contributed by atoms with E-state index in [2.05, 4.69) is 15.5 Å². The van der Waals surface area contributed by atoms with Crippen LogP contribution in [0.4, 0.5) is 5.69 Å². The Bertz CT molecular complexity index is 1220. The third-order valence-electron chi connectivity index (χ3n) is 5.19. The van der Waals surface area contributed by atoms with Crippen LogP contribution in [-0.4, -0.2) is 29.5 Å². The molecule has 0 heterocycles. The minimum Gasteiger partial charge on any atom is -0.507 e. The summed E-state index contributed by atoms with van der Waals surface area (Å²) in [7, 11) is 0. The fourth-order valence-corrected chi connectivity index (χ4v) is 3.33.